The molecule has 2 aliphatic rings. The monoisotopic (exact) mass is 436 g/mol. The maximum Gasteiger partial charge on any atom is 0.266 e. The van der Waals surface area contributed by atoms with Gasteiger partial charge < -0.3 is 4.74 Å². The molecule has 1 fully saturated rings. The van der Waals surface area contributed by atoms with Gasteiger partial charge in [0, 0.05) is 11.8 Å². The SMILES string of the molecule is O=C1CCC(N2C(=O)c3cccc(OCCCCCCBr)c3C2=O)C(=O)N1. The second kappa shape index (κ2) is 8.65. The molecule has 1 aromatic carbocycles. The molecule has 7 nitrogen and oxygen atoms in total. The van der Waals surface area contributed by atoms with E-state index in [1.54, 1.807) is 18.2 Å². The highest BCUT2D eigenvalue weighted by Crippen LogP contribution is 2.33. The van der Waals surface area contributed by atoms with Crippen molar-refractivity contribution in [1.29, 1.82) is 0 Å². The first kappa shape index (κ1) is 19.5. The number of rotatable bonds is 8. The van der Waals surface area contributed by atoms with Crippen molar-refractivity contribution in [3.05, 3.63) is 29.3 Å². The fourth-order valence-corrected chi connectivity index (χ4v) is 3.73. The third kappa shape index (κ3) is 4.05. The van der Waals surface area contributed by atoms with Crippen molar-refractivity contribution in [3.63, 3.8) is 0 Å². The number of hydrogen-bond donors (Lipinski definition) is 1. The van der Waals surface area contributed by atoms with Gasteiger partial charge in [-0.05, 0) is 31.4 Å². The quantitative estimate of drug-likeness (QED) is 0.383. The number of carbonyl (C=O) groups is 4. The largest absolute Gasteiger partial charge is 0.493 e. The molecule has 27 heavy (non-hydrogen) atoms. The van der Waals surface area contributed by atoms with Gasteiger partial charge in [0.1, 0.15) is 11.8 Å². The molecule has 0 aromatic heterocycles. The molecule has 1 atom stereocenters. The molecule has 0 aliphatic carbocycles. The highest BCUT2D eigenvalue weighted by molar-refractivity contribution is 9.09. The van der Waals surface area contributed by atoms with Crippen LogP contribution in [-0.2, 0) is 9.59 Å². The Bertz CT molecular complexity index is 779. The second-order valence-corrected chi connectivity index (χ2v) is 7.37. The van der Waals surface area contributed by atoms with Gasteiger partial charge in [0.05, 0.1) is 17.7 Å². The number of benzene rings is 1. The normalized spacial score (nSPS) is 19.3. The van der Waals surface area contributed by atoms with Crippen LogP contribution in [0.2, 0.25) is 0 Å². The van der Waals surface area contributed by atoms with E-state index in [1.807, 2.05) is 0 Å². The van der Waals surface area contributed by atoms with E-state index in [-0.39, 0.29) is 24.0 Å². The summed E-state index contributed by atoms with van der Waals surface area (Å²) in [4.78, 5) is 50.0. The third-order valence-electron chi connectivity index (χ3n) is 4.72. The van der Waals surface area contributed by atoms with Crippen molar-refractivity contribution in [2.45, 2.75) is 44.6 Å². The molecule has 1 saturated heterocycles. The Morgan fingerprint density at radius 3 is 2.59 bits per heavy atom. The summed E-state index contributed by atoms with van der Waals surface area (Å²) in [5, 5.41) is 3.17. The fraction of sp³-hybridized carbons (Fsp3) is 0.474. The van der Waals surface area contributed by atoms with Gasteiger partial charge in [0.25, 0.3) is 11.8 Å². The molecule has 2 heterocycles. The van der Waals surface area contributed by atoms with Crippen LogP contribution < -0.4 is 10.1 Å². The molecule has 0 bridgehead atoms. The highest BCUT2D eigenvalue weighted by Gasteiger charge is 2.45. The number of hydrogen-bond acceptors (Lipinski definition) is 5. The molecule has 0 spiro atoms. The lowest BCUT2D eigenvalue weighted by Crippen LogP contribution is -2.54. The molecule has 0 saturated carbocycles. The zero-order valence-corrected chi connectivity index (χ0v) is 16.4. The van der Waals surface area contributed by atoms with Crippen LogP contribution in [0.15, 0.2) is 18.2 Å². The summed E-state index contributed by atoms with van der Waals surface area (Å²) in [6.45, 7) is 0.457. The summed E-state index contributed by atoms with van der Waals surface area (Å²) in [7, 11) is 0. The lowest BCUT2D eigenvalue weighted by atomic mass is 10.0. The van der Waals surface area contributed by atoms with E-state index in [4.69, 9.17) is 4.74 Å². The van der Waals surface area contributed by atoms with E-state index in [1.165, 1.54) is 0 Å². The van der Waals surface area contributed by atoms with E-state index in [2.05, 4.69) is 21.2 Å². The number of alkyl halides is 1. The van der Waals surface area contributed by atoms with E-state index in [0.717, 1.165) is 35.9 Å². The van der Waals surface area contributed by atoms with Gasteiger partial charge in [-0.25, -0.2) is 0 Å². The predicted molar refractivity (Wildman–Crippen MR) is 101 cm³/mol. The van der Waals surface area contributed by atoms with Crippen LogP contribution in [-0.4, -0.2) is 46.5 Å². The third-order valence-corrected chi connectivity index (χ3v) is 5.28. The molecule has 8 heteroatoms. The number of nitrogens with one attached hydrogen (secondary N) is 1. The second-order valence-electron chi connectivity index (χ2n) is 6.58. The molecule has 2 aliphatic heterocycles. The lowest BCUT2D eigenvalue weighted by Gasteiger charge is -2.27. The fourth-order valence-electron chi connectivity index (χ4n) is 3.34. The smallest absolute Gasteiger partial charge is 0.266 e. The zero-order chi connectivity index (χ0) is 19.4. The van der Waals surface area contributed by atoms with Crippen LogP contribution in [0.5, 0.6) is 5.75 Å². The number of nitrogens with zero attached hydrogens (tertiary/aromatic N) is 1. The van der Waals surface area contributed by atoms with Crippen LogP contribution in [0.25, 0.3) is 0 Å². The van der Waals surface area contributed by atoms with Crippen LogP contribution in [0.3, 0.4) is 0 Å². The van der Waals surface area contributed by atoms with Crippen LogP contribution in [0.4, 0.5) is 0 Å². The van der Waals surface area contributed by atoms with Gasteiger partial charge >= 0.3 is 0 Å². The minimum atomic E-state index is -0.966. The topological polar surface area (TPSA) is 92.8 Å². The Balaban J connectivity index is 1.72. The van der Waals surface area contributed by atoms with Crippen molar-refractivity contribution >= 4 is 39.6 Å². The maximum atomic E-state index is 12.9. The molecular weight excluding hydrogens is 416 g/mol. The van der Waals surface area contributed by atoms with Crippen molar-refractivity contribution in [2.24, 2.45) is 0 Å². The van der Waals surface area contributed by atoms with Gasteiger partial charge in [-0.1, -0.05) is 34.8 Å². The van der Waals surface area contributed by atoms with Crippen LogP contribution in [0.1, 0.15) is 59.2 Å². The van der Waals surface area contributed by atoms with Crippen LogP contribution >= 0.6 is 15.9 Å². The summed E-state index contributed by atoms with van der Waals surface area (Å²) >= 11 is 3.39. The summed E-state index contributed by atoms with van der Waals surface area (Å²) in [6.07, 6.45) is 4.32. The standard InChI is InChI=1S/C19H21BrN2O5/c20-10-3-1-2-4-11-27-14-7-5-6-12-16(14)19(26)22(18(12)25)13-8-9-15(23)21-17(13)24/h5-7,13H,1-4,8-11H2,(H,21,23,24). The van der Waals surface area contributed by atoms with Crippen LogP contribution in [0, 0.1) is 0 Å². The number of imide groups is 2. The van der Waals surface area contributed by atoms with E-state index < -0.39 is 29.7 Å². The average Bonchev–Trinajstić information content (AvgIpc) is 2.90. The Hall–Kier alpha value is -2.22. The number of piperidine rings is 1. The number of amides is 4. The molecule has 0 radical (unpaired) electrons. The van der Waals surface area contributed by atoms with Gasteiger partial charge in [0.2, 0.25) is 11.8 Å². The first-order valence-corrected chi connectivity index (χ1v) is 10.2. The molecule has 1 aromatic rings. The summed E-state index contributed by atoms with van der Waals surface area (Å²) in [5.74, 6) is -1.71. The average molecular weight is 437 g/mol. The Morgan fingerprint density at radius 1 is 1.07 bits per heavy atom. The van der Waals surface area contributed by atoms with Gasteiger partial charge in [-0.2, -0.15) is 0 Å². The summed E-state index contributed by atoms with van der Waals surface area (Å²) in [6, 6.07) is 3.92. The molecule has 144 valence electrons. The number of unbranched alkanes of at least 4 members (excludes halogenated alkanes) is 3. The summed E-state index contributed by atoms with van der Waals surface area (Å²) < 4.78 is 5.76. The number of fused-ring (bicyclic) bond motifs is 1. The first-order valence-electron chi connectivity index (χ1n) is 9.08. The Labute approximate surface area is 165 Å². The Morgan fingerprint density at radius 2 is 1.85 bits per heavy atom. The molecule has 1 unspecified atom stereocenters. The van der Waals surface area contributed by atoms with Crippen molar-refractivity contribution < 1.29 is 23.9 Å². The number of halogens is 1. The summed E-state index contributed by atoms with van der Waals surface area (Å²) in [5.41, 5.74) is 0.439. The molecule has 3 rings (SSSR count). The lowest BCUT2D eigenvalue weighted by molar-refractivity contribution is -0.136. The molecule has 1 N–H and O–H groups in total. The minimum Gasteiger partial charge on any atom is -0.493 e. The Kier molecular flexibility index (Phi) is 6.26. The van der Waals surface area contributed by atoms with Crippen molar-refractivity contribution in [2.75, 3.05) is 11.9 Å². The number of ether oxygens (including phenoxy) is 1. The minimum absolute atomic E-state index is 0.0988. The molecular formula is C19H21BrN2O5. The van der Waals surface area contributed by atoms with E-state index >= 15 is 0 Å². The van der Waals surface area contributed by atoms with E-state index in [0.29, 0.717) is 12.4 Å². The highest BCUT2D eigenvalue weighted by atomic mass is 79.9. The predicted octanol–water partition coefficient (Wildman–Crippen LogP) is 2.42. The van der Waals surface area contributed by atoms with Gasteiger partial charge in [0.15, 0.2) is 0 Å². The van der Waals surface area contributed by atoms with E-state index in [9.17, 15) is 19.2 Å². The van der Waals surface area contributed by atoms with Crippen molar-refractivity contribution in [3.8, 4) is 5.75 Å². The van der Waals surface area contributed by atoms with Gasteiger partial charge in [-0.3, -0.25) is 29.4 Å². The molecule has 4 amide bonds. The van der Waals surface area contributed by atoms with Gasteiger partial charge in [-0.15, -0.1) is 0 Å². The zero-order valence-electron chi connectivity index (χ0n) is 14.8. The van der Waals surface area contributed by atoms with Crippen molar-refractivity contribution in [1.82, 2.24) is 10.2 Å². The first-order chi connectivity index (χ1) is 13.0. The maximum absolute atomic E-state index is 12.9. The number of carbonyl (C=O) groups excluding carboxylic acids is 4.